The van der Waals surface area contributed by atoms with E-state index in [2.05, 4.69) is 5.32 Å². The number of carbonyl (C=O) groups excluding carboxylic acids is 2. The van der Waals surface area contributed by atoms with Gasteiger partial charge in [0, 0.05) is 12.8 Å². The molecule has 3 rings (SSSR count). The second-order valence-electron chi connectivity index (χ2n) is 6.44. The Morgan fingerprint density at radius 2 is 1.81 bits per heavy atom. The van der Waals surface area contributed by atoms with Crippen molar-refractivity contribution >= 4 is 23.1 Å². The zero-order valence-electron chi connectivity index (χ0n) is 15.5. The van der Waals surface area contributed by atoms with Gasteiger partial charge >= 0.3 is 0 Å². The molecule has 0 saturated heterocycles. The van der Waals surface area contributed by atoms with Crippen molar-refractivity contribution in [3.05, 3.63) is 70.7 Å². The molecule has 27 heavy (non-hydrogen) atoms. The van der Waals surface area contributed by atoms with Crippen LogP contribution in [0.4, 0.5) is 10.1 Å². The molecule has 0 unspecified atom stereocenters. The Morgan fingerprint density at radius 1 is 1.04 bits per heavy atom. The molecule has 1 aliphatic heterocycles. The fraction of sp³-hybridized carbons (Fsp3) is 0.238. The lowest BCUT2D eigenvalue weighted by atomic mass is 9.99. The summed E-state index contributed by atoms with van der Waals surface area (Å²) in [5.74, 6) is -1.27. The minimum atomic E-state index is -0.450. The zero-order chi connectivity index (χ0) is 19.6. The molecule has 0 aliphatic carbocycles. The minimum Gasteiger partial charge on any atom is -0.383 e. The molecule has 2 aromatic rings. The summed E-state index contributed by atoms with van der Waals surface area (Å²) in [5.41, 5.74) is 3.58. The van der Waals surface area contributed by atoms with Gasteiger partial charge < -0.3 is 10.1 Å². The van der Waals surface area contributed by atoms with Gasteiger partial charge in [-0.25, -0.2) is 4.39 Å². The topological polar surface area (TPSA) is 58.6 Å². The van der Waals surface area contributed by atoms with E-state index in [9.17, 15) is 14.0 Å². The second kappa shape index (κ2) is 7.72. The van der Waals surface area contributed by atoms with Gasteiger partial charge in [0.15, 0.2) is 0 Å². The summed E-state index contributed by atoms with van der Waals surface area (Å²) in [4.78, 5) is 27.0. The van der Waals surface area contributed by atoms with Gasteiger partial charge in [0.1, 0.15) is 11.5 Å². The second-order valence-corrected chi connectivity index (χ2v) is 6.44. The molecule has 140 valence electrons. The Hall–Kier alpha value is -2.99. The van der Waals surface area contributed by atoms with Crippen LogP contribution in [0.5, 0.6) is 0 Å². The standard InChI is InChI=1S/C21H21FN2O3/c1-13-7-8-15(11-14(13)2)18-19(23-17-6-4-5-16(22)12-17)21(26)24(20(18)25)9-10-27-3/h4-8,11-12,23H,9-10H2,1-3H3. The van der Waals surface area contributed by atoms with Gasteiger partial charge in [-0.05, 0) is 48.7 Å². The van der Waals surface area contributed by atoms with E-state index in [1.54, 1.807) is 6.07 Å². The van der Waals surface area contributed by atoms with E-state index >= 15 is 0 Å². The maximum Gasteiger partial charge on any atom is 0.278 e. The number of hydrogen-bond acceptors (Lipinski definition) is 4. The predicted molar refractivity (Wildman–Crippen MR) is 101 cm³/mol. The first-order chi connectivity index (χ1) is 12.9. The Morgan fingerprint density at radius 3 is 2.48 bits per heavy atom. The molecule has 0 bridgehead atoms. The van der Waals surface area contributed by atoms with E-state index in [0.29, 0.717) is 11.3 Å². The number of carbonyl (C=O) groups is 2. The molecular formula is C21H21FN2O3. The highest BCUT2D eigenvalue weighted by Gasteiger charge is 2.39. The highest BCUT2D eigenvalue weighted by molar-refractivity contribution is 6.36. The summed E-state index contributed by atoms with van der Waals surface area (Å²) in [7, 11) is 1.51. The van der Waals surface area contributed by atoms with E-state index < -0.39 is 11.7 Å². The number of aryl methyl sites for hydroxylation is 2. The number of methoxy groups -OCH3 is 1. The van der Waals surface area contributed by atoms with Crippen LogP contribution in [0, 0.1) is 19.7 Å². The van der Waals surface area contributed by atoms with E-state index in [0.717, 1.165) is 16.0 Å². The van der Waals surface area contributed by atoms with Crippen molar-refractivity contribution in [3.63, 3.8) is 0 Å². The van der Waals surface area contributed by atoms with E-state index in [1.807, 2.05) is 32.0 Å². The highest BCUT2D eigenvalue weighted by atomic mass is 19.1. The van der Waals surface area contributed by atoms with Gasteiger partial charge in [-0.1, -0.05) is 24.3 Å². The van der Waals surface area contributed by atoms with Crippen molar-refractivity contribution in [2.24, 2.45) is 0 Å². The molecule has 0 atom stereocenters. The Labute approximate surface area is 157 Å². The number of hydrogen-bond donors (Lipinski definition) is 1. The summed E-state index contributed by atoms with van der Waals surface area (Å²) in [5, 5.41) is 2.94. The minimum absolute atomic E-state index is 0.143. The molecular weight excluding hydrogens is 347 g/mol. The summed E-state index contributed by atoms with van der Waals surface area (Å²) < 4.78 is 18.6. The van der Waals surface area contributed by atoms with Gasteiger partial charge in [-0.3, -0.25) is 14.5 Å². The quantitative estimate of drug-likeness (QED) is 0.795. The van der Waals surface area contributed by atoms with Crippen LogP contribution < -0.4 is 5.32 Å². The normalized spacial score (nSPS) is 14.3. The largest absolute Gasteiger partial charge is 0.383 e. The Balaban J connectivity index is 2.07. The van der Waals surface area contributed by atoms with Crippen LogP contribution >= 0.6 is 0 Å². The number of anilines is 1. The first-order valence-electron chi connectivity index (χ1n) is 8.62. The average molecular weight is 368 g/mol. The average Bonchev–Trinajstić information content (AvgIpc) is 2.86. The van der Waals surface area contributed by atoms with Gasteiger partial charge in [0.25, 0.3) is 11.8 Å². The smallest absolute Gasteiger partial charge is 0.278 e. The molecule has 1 heterocycles. The monoisotopic (exact) mass is 368 g/mol. The third kappa shape index (κ3) is 3.75. The number of ether oxygens (including phenoxy) is 1. The first kappa shape index (κ1) is 18.8. The summed E-state index contributed by atoms with van der Waals surface area (Å²) >= 11 is 0. The number of amides is 2. The molecule has 2 aromatic carbocycles. The lowest BCUT2D eigenvalue weighted by Crippen LogP contribution is -2.35. The van der Waals surface area contributed by atoms with Gasteiger partial charge in [-0.15, -0.1) is 0 Å². The molecule has 1 aliphatic rings. The molecule has 0 aromatic heterocycles. The zero-order valence-corrected chi connectivity index (χ0v) is 15.5. The number of halogens is 1. The predicted octanol–water partition coefficient (Wildman–Crippen LogP) is 3.28. The first-order valence-corrected chi connectivity index (χ1v) is 8.62. The number of rotatable bonds is 6. The number of benzene rings is 2. The van der Waals surface area contributed by atoms with Crippen molar-refractivity contribution in [3.8, 4) is 0 Å². The van der Waals surface area contributed by atoms with Crippen LogP contribution in [0.15, 0.2) is 48.2 Å². The van der Waals surface area contributed by atoms with E-state index in [-0.39, 0.29) is 30.3 Å². The van der Waals surface area contributed by atoms with Gasteiger partial charge in [0.05, 0.1) is 18.7 Å². The Bertz CT molecular complexity index is 937. The van der Waals surface area contributed by atoms with Crippen LogP contribution in [-0.2, 0) is 14.3 Å². The molecule has 0 saturated carbocycles. The molecule has 2 amide bonds. The van der Waals surface area contributed by atoms with Crippen LogP contribution in [0.25, 0.3) is 5.57 Å². The van der Waals surface area contributed by atoms with E-state index in [1.165, 1.54) is 25.3 Å². The van der Waals surface area contributed by atoms with Crippen LogP contribution in [0.3, 0.4) is 0 Å². The maximum absolute atomic E-state index is 13.5. The highest BCUT2D eigenvalue weighted by Crippen LogP contribution is 2.31. The van der Waals surface area contributed by atoms with Crippen molar-refractivity contribution in [1.29, 1.82) is 0 Å². The lowest BCUT2D eigenvalue weighted by Gasteiger charge is -2.14. The van der Waals surface area contributed by atoms with Crippen LogP contribution in [-0.4, -0.2) is 37.0 Å². The van der Waals surface area contributed by atoms with Gasteiger partial charge in [-0.2, -0.15) is 0 Å². The fourth-order valence-electron chi connectivity index (χ4n) is 2.95. The van der Waals surface area contributed by atoms with Gasteiger partial charge in [0.2, 0.25) is 0 Å². The lowest BCUT2D eigenvalue weighted by molar-refractivity contribution is -0.137. The SMILES string of the molecule is COCCN1C(=O)C(Nc2cccc(F)c2)=C(c2ccc(C)c(C)c2)C1=O. The number of imide groups is 1. The molecule has 0 spiro atoms. The molecule has 6 heteroatoms. The Kier molecular flexibility index (Phi) is 5.37. The summed E-state index contributed by atoms with van der Waals surface area (Å²) in [6, 6.07) is 11.4. The van der Waals surface area contributed by atoms with Crippen molar-refractivity contribution in [1.82, 2.24) is 4.90 Å². The maximum atomic E-state index is 13.5. The van der Waals surface area contributed by atoms with Crippen LogP contribution in [0.2, 0.25) is 0 Å². The molecule has 1 N–H and O–H groups in total. The number of nitrogens with one attached hydrogen (secondary N) is 1. The molecule has 0 radical (unpaired) electrons. The summed E-state index contributed by atoms with van der Waals surface area (Å²) in [6.07, 6.45) is 0. The number of nitrogens with zero attached hydrogens (tertiary/aromatic N) is 1. The fourth-order valence-corrected chi connectivity index (χ4v) is 2.95. The third-order valence-corrected chi connectivity index (χ3v) is 4.58. The van der Waals surface area contributed by atoms with Crippen molar-refractivity contribution < 1.29 is 18.7 Å². The molecule has 0 fully saturated rings. The summed E-state index contributed by atoms with van der Waals surface area (Å²) in [6.45, 7) is 4.32. The van der Waals surface area contributed by atoms with E-state index in [4.69, 9.17) is 4.74 Å². The third-order valence-electron chi connectivity index (χ3n) is 4.58. The van der Waals surface area contributed by atoms with Crippen LogP contribution in [0.1, 0.15) is 16.7 Å². The molecule has 5 nitrogen and oxygen atoms in total. The van der Waals surface area contributed by atoms with Crippen molar-refractivity contribution in [2.75, 3.05) is 25.6 Å². The van der Waals surface area contributed by atoms with Crippen molar-refractivity contribution in [2.45, 2.75) is 13.8 Å².